The number of rotatable bonds is 17. The monoisotopic (exact) mass is 636 g/mol. The number of hydrogen-bond donors (Lipinski definition) is 11. The molecule has 0 bridgehead atoms. The number of aromatic nitrogens is 6. The zero-order valence-electron chi connectivity index (χ0n) is 23.4. The van der Waals surface area contributed by atoms with Crippen LogP contribution < -0.4 is 44.6 Å². The van der Waals surface area contributed by atoms with Crippen LogP contribution in [-0.2, 0) is 41.6 Å². The van der Waals surface area contributed by atoms with Crippen molar-refractivity contribution in [1.82, 2.24) is 45.9 Å². The van der Waals surface area contributed by atoms with Gasteiger partial charge in [-0.15, -0.1) is 0 Å². The number of anilines is 4. The van der Waals surface area contributed by atoms with Crippen molar-refractivity contribution in [2.45, 2.75) is 62.7 Å². The third-order valence-electron chi connectivity index (χ3n) is 5.74. The van der Waals surface area contributed by atoms with Crippen LogP contribution in [0.3, 0.4) is 0 Å². The Kier molecular flexibility index (Phi) is 12.5. The number of nitrogens with one attached hydrogen (secondary N) is 3. The second kappa shape index (κ2) is 16.0. The Bertz CT molecular complexity index is 1400. The van der Waals surface area contributed by atoms with Gasteiger partial charge in [0, 0.05) is 12.8 Å². The number of carbonyl (C=O) groups excluding carboxylic acids is 3. The summed E-state index contributed by atoms with van der Waals surface area (Å²) >= 11 is 0. The number of nitrogens with zero attached hydrogens (tertiary/aromatic N) is 6. The zero-order valence-corrected chi connectivity index (χ0v) is 23.4. The molecule has 2 aromatic rings. The molecular formula is C22H32N14O9. The third kappa shape index (κ3) is 12.0. The van der Waals surface area contributed by atoms with E-state index in [1.807, 2.05) is 5.32 Å². The molecule has 2 rings (SSSR count). The molecule has 4 atom stereocenters. The molecule has 0 saturated heterocycles. The lowest BCUT2D eigenvalue weighted by Gasteiger charge is -2.24. The Labute approximate surface area is 252 Å². The fourth-order valence-electron chi connectivity index (χ4n) is 3.68. The van der Waals surface area contributed by atoms with Gasteiger partial charge in [0.2, 0.25) is 41.5 Å². The van der Waals surface area contributed by atoms with Crippen LogP contribution in [0.1, 0.15) is 37.3 Å². The molecule has 0 spiro atoms. The quantitative estimate of drug-likeness (QED) is 0.0772. The van der Waals surface area contributed by atoms with Gasteiger partial charge in [0.1, 0.15) is 29.8 Å². The number of carbonyl (C=O) groups is 6. The van der Waals surface area contributed by atoms with E-state index in [1.54, 1.807) is 0 Å². The minimum atomic E-state index is -1.89. The van der Waals surface area contributed by atoms with Crippen LogP contribution in [-0.4, -0.2) is 105 Å². The molecule has 0 unspecified atom stereocenters. The molecule has 0 radical (unpaired) electrons. The van der Waals surface area contributed by atoms with E-state index in [4.69, 9.17) is 33.8 Å². The van der Waals surface area contributed by atoms with Crippen LogP contribution in [0.25, 0.3) is 0 Å². The molecule has 3 amide bonds. The van der Waals surface area contributed by atoms with Crippen LogP contribution in [0.5, 0.6) is 0 Å². The number of carboxylic acids is 3. The van der Waals surface area contributed by atoms with E-state index in [9.17, 15) is 39.0 Å². The Morgan fingerprint density at radius 3 is 1.38 bits per heavy atom. The van der Waals surface area contributed by atoms with Crippen LogP contribution in [0.4, 0.5) is 23.8 Å². The molecule has 0 saturated carbocycles. The smallest absolute Gasteiger partial charge is 0.326 e. The molecule has 2 heterocycles. The number of hydrogen-bond acceptors (Lipinski definition) is 17. The fourth-order valence-corrected chi connectivity index (χ4v) is 3.68. The summed E-state index contributed by atoms with van der Waals surface area (Å²) in [5.74, 6) is -8.72. The SMILES string of the molecule is Nc1nc(N)nc(CC[C@H](NC(=O)[C@H](CC(=O)O)NC(=O)[C@@H](N)CCc2nc(N)nc(N)n2)C(=O)N[C@@H](CC(=O)O)C(=O)O)n1. The predicted octanol–water partition coefficient (Wildman–Crippen LogP) is -5.23. The van der Waals surface area contributed by atoms with E-state index in [0.29, 0.717) is 0 Å². The number of aryl methyl sites for hydroxylation is 2. The van der Waals surface area contributed by atoms with Gasteiger partial charge in [-0.2, -0.15) is 29.9 Å². The summed E-state index contributed by atoms with van der Waals surface area (Å²) in [5, 5.41) is 34.1. The number of amides is 3. The predicted molar refractivity (Wildman–Crippen MR) is 150 cm³/mol. The highest BCUT2D eigenvalue weighted by molar-refractivity contribution is 5.96. The number of nitrogens with two attached hydrogens (primary N) is 5. The molecule has 244 valence electrons. The van der Waals surface area contributed by atoms with Crippen molar-refractivity contribution in [3.63, 3.8) is 0 Å². The van der Waals surface area contributed by atoms with Crippen molar-refractivity contribution < 1.29 is 44.1 Å². The number of aliphatic carboxylic acids is 3. The van der Waals surface area contributed by atoms with E-state index in [2.05, 4.69) is 40.5 Å². The number of nitrogen functional groups attached to an aromatic ring is 4. The summed E-state index contributed by atoms with van der Waals surface area (Å²) in [7, 11) is 0. The highest BCUT2D eigenvalue weighted by Gasteiger charge is 2.32. The molecule has 0 aliphatic rings. The molecule has 45 heavy (non-hydrogen) atoms. The van der Waals surface area contributed by atoms with E-state index < -0.39 is 72.6 Å². The standard InChI is InChI=1S/C22H32N14O9/c23-7(1-3-11-31-19(24)35-20(25)32-11)15(41)29-9(5-13(37)38)17(43)28-8(2-4-12-33-21(26)36-22(27)34-12)16(42)30-10(18(44)45)6-14(39)40/h7-10H,1-6,23H2,(H,28,43)(H,29,41)(H,30,42)(H,37,38)(H,39,40)(H,44,45)(H4,24,25,31,32,35)(H4,26,27,33,34,36)/t7-,8-,9-,10-/m0/s1. The second-order valence-corrected chi connectivity index (χ2v) is 9.34. The second-order valence-electron chi connectivity index (χ2n) is 9.34. The van der Waals surface area contributed by atoms with Crippen LogP contribution in [0, 0.1) is 0 Å². The summed E-state index contributed by atoms with van der Waals surface area (Å²) in [4.78, 5) is 95.6. The van der Waals surface area contributed by atoms with E-state index in [-0.39, 0.29) is 61.1 Å². The zero-order chi connectivity index (χ0) is 33.8. The average Bonchev–Trinajstić information content (AvgIpc) is 2.91. The Balaban J connectivity index is 2.21. The van der Waals surface area contributed by atoms with Gasteiger partial charge < -0.3 is 59.9 Å². The summed E-state index contributed by atoms with van der Waals surface area (Å²) in [6.07, 6.45) is -2.56. The first-order valence-corrected chi connectivity index (χ1v) is 12.9. The summed E-state index contributed by atoms with van der Waals surface area (Å²) in [6, 6.07) is -6.56. The maximum atomic E-state index is 13.2. The molecule has 0 aromatic carbocycles. The Morgan fingerprint density at radius 2 is 0.933 bits per heavy atom. The van der Waals surface area contributed by atoms with E-state index in [1.165, 1.54) is 0 Å². The van der Waals surface area contributed by atoms with E-state index >= 15 is 0 Å². The molecule has 23 heteroatoms. The summed E-state index contributed by atoms with van der Waals surface area (Å²) in [5.41, 5.74) is 28.0. The van der Waals surface area contributed by atoms with Crippen LogP contribution in [0.2, 0.25) is 0 Å². The first kappa shape index (κ1) is 35.2. The molecule has 2 aromatic heterocycles. The lowest BCUT2D eigenvalue weighted by molar-refractivity contribution is -0.147. The van der Waals surface area contributed by atoms with Crippen molar-refractivity contribution in [3.05, 3.63) is 11.6 Å². The first-order valence-electron chi connectivity index (χ1n) is 12.9. The fraction of sp³-hybridized carbons (Fsp3) is 0.455. The average molecular weight is 637 g/mol. The number of carboxylic acid groups (broad SMARTS) is 3. The van der Waals surface area contributed by atoms with Gasteiger partial charge in [0.05, 0.1) is 18.9 Å². The van der Waals surface area contributed by atoms with Crippen LogP contribution >= 0.6 is 0 Å². The maximum Gasteiger partial charge on any atom is 0.326 e. The van der Waals surface area contributed by atoms with Crippen molar-refractivity contribution in [1.29, 1.82) is 0 Å². The first-order chi connectivity index (χ1) is 21.0. The lowest BCUT2D eigenvalue weighted by Crippen LogP contribution is -2.57. The summed E-state index contributed by atoms with van der Waals surface area (Å²) in [6.45, 7) is 0. The third-order valence-corrected chi connectivity index (χ3v) is 5.74. The van der Waals surface area contributed by atoms with Crippen LogP contribution in [0.15, 0.2) is 0 Å². The van der Waals surface area contributed by atoms with Gasteiger partial charge in [-0.3, -0.25) is 24.0 Å². The highest BCUT2D eigenvalue weighted by atomic mass is 16.4. The lowest BCUT2D eigenvalue weighted by atomic mass is 10.1. The highest BCUT2D eigenvalue weighted by Crippen LogP contribution is 2.08. The van der Waals surface area contributed by atoms with Crippen molar-refractivity contribution in [2.24, 2.45) is 5.73 Å². The maximum absolute atomic E-state index is 13.2. The molecular weight excluding hydrogens is 604 g/mol. The minimum Gasteiger partial charge on any atom is -0.481 e. The van der Waals surface area contributed by atoms with Gasteiger partial charge >= 0.3 is 17.9 Å². The molecule has 0 fully saturated rings. The van der Waals surface area contributed by atoms with E-state index in [0.717, 1.165) is 0 Å². The summed E-state index contributed by atoms with van der Waals surface area (Å²) < 4.78 is 0. The van der Waals surface area contributed by atoms with Gasteiger partial charge in [-0.25, -0.2) is 4.79 Å². The molecule has 23 nitrogen and oxygen atoms in total. The van der Waals surface area contributed by atoms with Gasteiger partial charge in [-0.05, 0) is 12.8 Å². The van der Waals surface area contributed by atoms with Crippen molar-refractivity contribution >= 4 is 59.4 Å². The Hall–Kier alpha value is -6.00. The largest absolute Gasteiger partial charge is 0.481 e. The van der Waals surface area contributed by atoms with Gasteiger partial charge in [-0.1, -0.05) is 0 Å². The van der Waals surface area contributed by atoms with Crippen molar-refractivity contribution in [2.75, 3.05) is 22.9 Å². The normalized spacial score (nSPS) is 13.4. The van der Waals surface area contributed by atoms with Gasteiger partial charge in [0.25, 0.3) is 0 Å². The Morgan fingerprint density at radius 1 is 0.556 bits per heavy atom. The molecule has 0 aliphatic carbocycles. The minimum absolute atomic E-state index is 0.0107. The molecule has 0 aliphatic heterocycles. The molecule has 16 N–H and O–H groups in total. The van der Waals surface area contributed by atoms with Crippen molar-refractivity contribution in [3.8, 4) is 0 Å². The van der Waals surface area contributed by atoms with Gasteiger partial charge in [0.15, 0.2) is 0 Å². The topological polar surface area (TPSA) is 407 Å².